The molecule has 6 heteroatoms. The Bertz CT molecular complexity index is 464. The van der Waals surface area contributed by atoms with E-state index in [1.54, 1.807) is 12.7 Å². The lowest BCUT2D eigenvalue weighted by Gasteiger charge is -2.07. The van der Waals surface area contributed by atoms with E-state index in [-0.39, 0.29) is 0 Å². The molecule has 0 spiro atoms. The van der Waals surface area contributed by atoms with Crippen molar-refractivity contribution < 1.29 is 0 Å². The Balaban J connectivity index is 2.58. The van der Waals surface area contributed by atoms with Gasteiger partial charge >= 0.3 is 0 Å². The maximum absolute atomic E-state index is 4.32. The Morgan fingerprint density at radius 3 is 2.87 bits per heavy atom. The molecule has 2 rings (SSSR count). The van der Waals surface area contributed by atoms with E-state index in [1.165, 1.54) is 0 Å². The molecule has 0 aliphatic carbocycles. The number of rotatable bonds is 3. The number of hydrogen-bond donors (Lipinski definition) is 1. The summed E-state index contributed by atoms with van der Waals surface area (Å²) in [5.74, 6) is 0.786. The number of hydrogen-bond acceptors (Lipinski definition) is 4. The molecular formula is C9H14N5P. The molecule has 0 fully saturated rings. The summed E-state index contributed by atoms with van der Waals surface area (Å²) in [6.45, 7) is 4.21. The van der Waals surface area contributed by atoms with Gasteiger partial charge in [0.05, 0.1) is 6.33 Å². The monoisotopic (exact) mass is 223 g/mol. The summed E-state index contributed by atoms with van der Waals surface area (Å²) in [6, 6.07) is 0.355. The summed E-state index contributed by atoms with van der Waals surface area (Å²) in [5, 5.41) is 3.14. The molecule has 0 aliphatic rings. The second-order valence-corrected chi connectivity index (χ2v) is 3.93. The summed E-state index contributed by atoms with van der Waals surface area (Å²) in [4.78, 5) is 12.7. The summed E-state index contributed by atoms with van der Waals surface area (Å²) in [6.07, 6.45) is 4.12. The van der Waals surface area contributed by atoms with Crippen LogP contribution in [0.5, 0.6) is 0 Å². The van der Waals surface area contributed by atoms with Crippen molar-refractivity contribution in [2.75, 3.05) is 11.6 Å². The lowest BCUT2D eigenvalue weighted by atomic mass is 10.4. The topological polar surface area (TPSA) is 55.6 Å². The molecule has 2 heterocycles. The number of nitrogens with one attached hydrogen (secondary N) is 1. The predicted octanol–water partition coefficient (Wildman–Crippen LogP) is 1.65. The maximum Gasteiger partial charge on any atom is 0.165 e. The van der Waals surface area contributed by atoms with Gasteiger partial charge in [-0.15, -0.1) is 9.24 Å². The van der Waals surface area contributed by atoms with Gasteiger partial charge in [0.1, 0.15) is 11.8 Å². The van der Waals surface area contributed by atoms with Gasteiger partial charge in [-0.25, -0.2) is 15.0 Å². The second kappa shape index (κ2) is 4.11. The lowest BCUT2D eigenvalue weighted by molar-refractivity contribution is 0.612. The van der Waals surface area contributed by atoms with Crippen LogP contribution in [0.25, 0.3) is 11.2 Å². The molecule has 0 aromatic carbocycles. The molecule has 0 saturated heterocycles. The largest absolute Gasteiger partial charge is 0.365 e. The highest BCUT2D eigenvalue weighted by Crippen LogP contribution is 2.20. The molecule has 80 valence electrons. The van der Waals surface area contributed by atoms with E-state index >= 15 is 0 Å². The van der Waals surface area contributed by atoms with E-state index in [4.69, 9.17) is 0 Å². The Labute approximate surface area is 90.5 Å². The van der Waals surface area contributed by atoms with Crippen molar-refractivity contribution in [3.05, 3.63) is 12.7 Å². The Morgan fingerprint density at radius 2 is 2.20 bits per heavy atom. The first-order chi connectivity index (χ1) is 7.24. The van der Waals surface area contributed by atoms with Crippen molar-refractivity contribution >= 4 is 26.2 Å². The van der Waals surface area contributed by atoms with Gasteiger partial charge < -0.3 is 9.88 Å². The van der Waals surface area contributed by atoms with Gasteiger partial charge in [-0.2, -0.15) is 0 Å². The Morgan fingerprint density at radius 1 is 1.40 bits per heavy atom. The fourth-order valence-electron chi connectivity index (χ4n) is 1.46. The SMILES string of the molecule is CC(C)n1cnc2c(NCP)ncnc21. The molecule has 1 N–H and O–H groups in total. The average Bonchev–Trinajstić information content (AvgIpc) is 2.62. The van der Waals surface area contributed by atoms with Crippen molar-refractivity contribution in [3.63, 3.8) is 0 Å². The van der Waals surface area contributed by atoms with Crippen LogP contribution in [0.2, 0.25) is 0 Å². The zero-order valence-electron chi connectivity index (χ0n) is 8.81. The van der Waals surface area contributed by atoms with Crippen molar-refractivity contribution in [1.29, 1.82) is 0 Å². The Kier molecular flexibility index (Phi) is 2.82. The first-order valence-electron chi connectivity index (χ1n) is 4.85. The number of fused-ring (bicyclic) bond motifs is 1. The van der Waals surface area contributed by atoms with Crippen molar-refractivity contribution in [1.82, 2.24) is 19.5 Å². The molecule has 0 saturated carbocycles. The van der Waals surface area contributed by atoms with Crippen LogP contribution in [0, 0.1) is 0 Å². The fraction of sp³-hybridized carbons (Fsp3) is 0.444. The third kappa shape index (κ3) is 1.79. The third-order valence-corrected chi connectivity index (χ3v) is 2.39. The van der Waals surface area contributed by atoms with Gasteiger partial charge in [0.2, 0.25) is 0 Å². The highest BCUT2D eigenvalue weighted by Gasteiger charge is 2.10. The van der Waals surface area contributed by atoms with Gasteiger partial charge in [0.25, 0.3) is 0 Å². The lowest BCUT2D eigenvalue weighted by Crippen LogP contribution is -2.02. The zero-order chi connectivity index (χ0) is 10.8. The first kappa shape index (κ1) is 10.3. The van der Waals surface area contributed by atoms with Gasteiger partial charge in [-0.3, -0.25) is 0 Å². The summed E-state index contributed by atoms with van der Waals surface area (Å²) >= 11 is 0. The van der Waals surface area contributed by atoms with Crippen LogP contribution >= 0.6 is 9.24 Å². The number of imidazole rings is 1. The highest BCUT2D eigenvalue weighted by molar-refractivity contribution is 7.16. The van der Waals surface area contributed by atoms with Gasteiger partial charge in [0.15, 0.2) is 11.5 Å². The predicted molar refractivity (Wildman–Crippen MR) is 63.9 cm³/mol. The van der Waals surface area contributed by atoms with Gasteiger partial charge in [-0.05, 0) is 13.8 Å². The summed E-state index contributed by atoms with van der Waals surface area (Å²) in [7, 11) is 2.60. The molecule has 2 aromatic rings. The van der Waals surface area contributed by atoms with E-state index in [1.807, 2.05) is 4.57 Å². The van der Waals surface area contributed by atoms with E-state index in [0.717, 1.165) is 23.3 Å². The minimum absolute atomic E-state index is 0.355. The van der Waals surface area contributed by atoms with Crippen molar-refractivity contribution in [3.8, 4) is 0 Å². The van der Waals surface area contributed by atoms with E-state index < -0.39 is 0 Å². The standard InChI is InChI=1S/C9H14N5P/c1-6(2)14-4-12-7-8(13-5-15)10-3-11-9(7)14/h3-4,6H,5,15H2,1-2H3,(H,10,11,13). The first-order valence-corrected chi connectivity index (χ1v) is 5.67. The van der Waals surface area contributed by atoms with Crippen LogP contribution in [0.1, 0.15) is 19.9 Å². The number of anilines is 1. The van der Waals surface area contributed by atoms with Gasteiger partial charge in [-0.1, -0.05) is 0 Å². The molecule has 1 unspecified atom stereocenters. The molecule has 0 bridgehead atoms. The van der Waals surface area contributed by atoms with Crippen LogP contribution < -0.4 is 5.32 Å². The molecule has 0 radical (unpaired) electrons. The molecule has 2 aromatic heterocycles. The smallest absolute Gasteiger partial charge is 0.165 e. The molecule has 15 heavy (non-hydrogen) atoms. The van der Waals surface area contributed by atoms with E-state index in [0.29, 0.717) is 6.04 Å². The fourth-order valence-corrected chi connectivity index (χ4v) is 1.65. The van der Waals surface area contributed by atoms with Crippen LogP contribution in [-0.2, 0) is 0 Å². The van der Waals surface area contributed by atoms with E-state index in [9.17, 15) is 0 Å². The molecule has 5 nitrogen and oxygen atoms in total. The minimum atomic E-state index is 0.355. The van der Waals surface area contributed by atoms with Crippen LogP contribution in [0.4, 0.5) is 5.82 Å². The Hall–Kier alpha value is -1.22. The van der Waals surface area contributed by atoms with Crippen molar-refractivity contribution in [2.45, 2.75) is 19.9 Å². The molecular weight excluding hydrogens is 209 g/mol. The van der Waals surface area contributed by atoms with Crippen LogP contribution in [0.3, 0.4) is 0 Å². The quantitative estimate of drug-likeness (QED) is 0.804. The van der Waals surface area contributed by atoms with Crippen LogP contribution in [-0.4, -0.2) is 25.8 Å². The van der Waals surface area contributed by atoms with Crippen molar-refractivity contribution in [2.24, 2.45) is 0 Å². The normalized spacial score (nSPS) is 11.2. The van der Waals surface area contributed by atoms with Crippen LogP contribution in [0.15, 0.2) is 12.7 Å². The second-order valence-electron chi connectivity index (χ2n) is 3.52. The summed E-state index contributed by atoms with van der Waals surface area (Å²) in [5.41, 5.74) is 1.70. The zero-order valence-corrected chi connectivity index (χ0v) is 9.96. The third-order valence-electron chi connectivity index (χ3n) is 2.18. The highest BCUT2D eigenvalue weighted by atomic mass is 31.0. The van der Waals surface area contributed by atoms with Gasteiger partial charge in [0, 0.05) is 12.3 Å². The molecule has 0 aliphatic heterocycles. The average molecular weight is 223 g/mol. The molecule has 0 amide bonds. The van der Waals surface area contributed by atoms with E-state index in [2.05, 4.69) is 43.4 Å². The summed E-state index contributed by atoms with van der Waals surface area (Å²) < 4.78 is 2.03. The number of aromatic nitrogens is 4. The molecule has 1 atom stereocenters. The number of nitrogens with zero attached hydrogens (tertiary/aromatic N) is 4. The minimum Gasteiger partial charge on any atom is -0.365 e. The maximum atomic E-state index is 4.32.